The van der Waals surface area contributed by atoms with Crippen LogP contribution in [0.15, 0.2) is 18.2 Å². The normalized spacial score (nSPS) is 17.8. The quantitative estimate of drug-likeness (QED) is 0.846. The summed E-state index contributed by atoms with van der Waals surface area (Å²) < 4.78 is 0. The van der Waals surface area contributed by atoms with Gasteiger partial charge in [-0.1, -0.05) is 19.9 Å². The molecule has 3 heteroatoms. The molecule has 2 rings (SSSR count). The van der Waals surface area contributed by atoms with Crippen LogP contribution in [0.2, 0.25) is 0 Å². The first-order valence-corrected chi connectivity index (χ1v) is 5.94. The maximum atomic E-state index is 10.2. The molecule has 1 aromatic rings. The first kappa shape index (κ1) is 11.9. The predicted octanol–water partition coefficient (Wildman–Crippen LogP) is 2.07. The number of hydrogen-bond donors (Lipinski definition) is 1. The molecule has 0 spiro atoms. The zero-order chi connectivity index (χ0) is 12.6. The van der Waals surface area contributed by atoms with E-state index in [9.17, 15) is 5.11 Å². The van der Waals surface area contributed by atoms with Crippen molar-refractivity contribution in [3.8, 4) is 6.07 Å². The minimum Gasteiger partial charge on any atom is -0.386 e. The standard InChI is InChI=1S/C14H18N2O/c1-10(2)14(17)8-16(9-14)13-6-11(3)4-5-12(13)7-15/h4-6,10,17H,8-9H2,1-3H3. The van der Waals surface area contributed by atoms with E-state index in [1.807, 2.05) is 39.0 Å². The van der Waals surface area contributed by atoms with Gasteiger partial charge in [-0.2, -0.15) is 5.26 Å². The molecule has 1 N–H and O–H groups in total. The van der Waals surface area contributed by atoms with Gasteiger partial charge in [0.15, 0.2) is 0 Å². The fourth-order valence-corrected chi connectivity index (χ4v) is 2.15. The smallest absolute Gasteiger partial charge is 0.102 e. The van der Waals surface area contributed by atoms with Gasteiger partial charge in [0.25, 0.3) is 0 Å². The van der Waals surface area contributed by atoms with Crippen LogP contribution >= 0.6 is 0 Å². The van der Waals surface area contributed by atoms with Gasteiger partial charge in [0.1, 0.15) is 11.7 Å². The third-order valence-corrected chi connectivity index (χ3v) is 3.62. The van der Waals surface area contributed by atoms with Crippen molar-refractivity contribution in [3.05, 3.63) is 29.3 Å². The molecule has 1 aromatic carbocycles. The first-order valence-electron chi connectivity index (χ1n) is 5.94. The van der Waals surface area contributed by atoms with Gasteiger partial charge in [0.05, 0.1) is 11.3 Å². The summed E-state index contributed by atoms with van der Waals surface area (Å²) in [5.74, 6) is 0.245. The van der Waals surface area contributed by atoms with E-state index in [2.05, 4.69) is 11.0 Å². The van der Waals surface area contributed by atoms with Crippen molar-refractivity contribution in [2.24, 2.45) is 5.92 Å². The van der Waals surface area contributed by atoms with E-state index in [0.717, 1.165) is 11.3 Å². The Bertz CT molecular complexity index is 468. The van der Waals surface area contributed by atoms with Crippen LogP contribution in [0.4, 0.5) is 5.69 Å². The van der Waals surface area contributed by atoms with Crippen molar-refractivity contribution in [1.82, 2.24) is 0 Å². The number of hydrogen-bond acceptors (Lipinski definition) is 3. The van der Waals surface area contributed by atoms with E-state index in [0.29, 0.717) is 18.7 Å². The van der Waals surface area contributed by atoms with Gasteiger partial charge < -0.3 is 10.0 Å². The highest BCUT2D eigenvalue weighted by Gasteiger charge is 2.44. The minimum absolute atomic E-state index is 0.245. The molecule has 3 nitrogen and oxygen atoms in total. The Morgan fingerprint density at radius 2 is 2.06 bits per heavy atom. The monoisotopic (exact) mass is 230 g/mol. The zero-order valence-corrected chi connectivity index (χ0v) is 10.6. The lowest BCUT2D eigenvalue weighted by Crippen LogP contribution is -2.64. The average molecular weight is 230 g/mol. The largest absolute Gasteiger partial charge is 0.386 e. The molecule has 0 aromatic heterocycles. The molecule has 1 saturated heterocycles. The van der Waals surface area contributed by atoms with Crippen molar-refractivity contribution < 1.29 is 5.11 Å². The minimum atomic E-state index is -0.601. The van der Waals surface area contributed by atoms with Crippen molar-refractivity contribution >= 4 is 5.69 Å². The molecule has 1 aliphatic heterocycles. The molecule has 0 unspecified atom stereocenters. The zero-order valence-electron chi connectivity index (χ0n) is 10.6. The van der Waals surface area contributed by atoms with Gasteiger partial charge in [-0.3, -0.25) is 0 Å². The Balaban J connectivity index is 2.22. The van der Waals surface area contributed by atoms with Crippen molar-refractivity contribution in [1.29, 1.82) is 5.26 Å². The van der Waals surface area contributed by atoms with Crippen LogP contribution in [-0.4, -0.2) is 23.8 Å². The summed E-state index contributed by atoms with van der Waals surface area (Å²) in [4.78, 5) is 2.07. The van der Waals surface area contributed by atoms with Gasteiger partial charge >= 0.3 is 0 Å². The fraction of sp³-hybridized carbons (Fsp3) is 0.500. The molecule has 0 saturated carbocycles. The number of aryl methyl sites for hydroxylation is 1. The second kappa shape index (κ2) is 4.05. The Kier molecular flexibility index (Phi) is 2.84. The molecule has 1 heterocycles. The Morgan fingerprint density at radius 1 is 1.41 bits per heavy atom. The summed E-state index contributed by atoms with van der Waals surface area (Å²) in [5.41, 5.74) is 2.16. The summed E-state index contributed by atoms with van der Waals surface area (Å²) in [6.45, 7) is 7.29. The molecule has 0 aliphatic carbocycles. The third kappa shape index (κ3) is 2.01. The molecule has 0 atom stereocenters. The van der Waals surface area contributed by atoms with Gasteiger partial charge in [0.2, 0.25) is 0 Å². The summed E-state index contributed by atoms with van der Waals surface area (Å²) in [5, 5.41) is 19.3. The summed E-state index contributed by atoms with van der Waals surface area (Å²) in [6.07, 6.45) is 0. The van der Waals surface area contributed by atoms with Crippen LogP contribution in [0.1, 0.15) is 25.0 Å². The van der Waals surface area contributed by atoms with Gasteiger partial charge in [-0.25, -0.2) is 0 Å². The first-order chi connectivity index (χ1) is 7.96. The third-order valence-electron chi connectivity index (χ3n) is 3.62. The highest BCUT2D eigenvalue weighted by molar-refractivity contribution is 5.62. The second-order valence-electron chi connectivity index (χ2n) is 5.25. The molecular formula is C14H18N2O. The maximum Gasteiger partial charge on any atom is 0.102 e. The summed E-state index contributed by atoms with van der Waals surface area (Å²) in [7, 11) is 0. The van der Waals surface area contributed by atoms with Crippen LogP contribution in [0.3, 0.4) is 0 Å². The van der Waals surface area contributed by atoms with Gasteiger partial charge in [-0.05, 0) is 30.5 Å². The highest BCUT2D eigenvalue weighted by atomic mass is 16.3. The summed E-state index contributed by atoms with van der Waals surface area (Å²) >= 11 is 0. The Hall–Kier alpha value is -1.53. The number of benzene rings is 1. The highest BCUT2D eigenvalue weighted by Crippen LogP contribution is 2.34. The van der Waals surface area contributed by atoms with Gasteiger partial charge in [-0.15, -0.1) is 0 Å². The molecule has 1 fully saturated rings. The van der Waals surface area contributed by atoms with Crippen LogP contribution < -0.4 is 4.90 Å². The molecule has 17 heavy (non-hydrogen) atoms. The van der Waals surface area contributed by atoms with E-state index in [-0.39, 0.29) is 5.92 Å². The Labute approximate surface area is 102 Å². The lowest BCUT2D eigenvalue weighted by atomic mass is 9.82. The fourth-order valence-electron chi connectivity index (χ4n) is 2.15. The van der Waals surface area contributed by atoms with E-state index in [1.165, 1.54) is 0 Å². The Morgan fingerprint density at radius 3 is 2.59 bits per heavy atom. The molecular weight excluding hydrogens is 212 g/mol. The SMILES string of the molecule is Cc1ccc(C#N)c(N2CC(O)(C(C)C)C2)c1. The average Bonchev–Trinajstić information content (AvgIpc) is 2.24. The lowest BCUT2D eigenvalue weighted by Gasteiger charge is -2.50. The van der Waals surface area contributed by atoms with E-state index >= 15 is 0 Å². The second-order valence-corrected chi connectivity index (χ2v) is 5.25. The number of anilines is 1. The molecule has 0 radical (unpaired) electrons. The lowest BCUT2D eigenvalue weighted by molar-refractivity contribution is -0.0300. The number of rotatable bonds is 2. The number of nitriles is 1. The van der Waals surface area contributed by atoms with Crippen LogP contribution in [0.5, 0.6) is 0 Å². The van der Waals surface area contributed by atoms with Gasteiger partial charge in [0, 0.05) is 13.1 Å². The molecule has 0 amide bonds. The maximum absolute atomic E-state index is 10.2. The number of aliphatic hydroxyl groups is 1. The van der Waals surface area contributed by atoms with Crippen molar-refractivity contribution in [2.75, 3.05) is 18.0 Å². The van der Waals surface area contributed by atoms with Crippen LogP contribution in [0.25, 0.3) is 0 Å². The predicted molar refractivity (Wildman–Crippen MR) is 67.9 cm³/mol. The van der Waals surface area contributed by atoms with Crippen molar-refractivity contribution in [3.63, 3.8) is 0 Å². The molecule has 0 bridgehead atoms. The van der Waals surface area contributed by atoms with E-state index in [1.54, 1.807) is 0 Å². The molecule has 1 aliphatic rings. The topological polar surface area (TPSA) is 47.3 Å². The number of β-amino-alcohol motifs (C(OH)–C–C–N with tert-alkyl or cyclic N) is 1. The van der Waals surface area contributed by atoms with Crippen molar-refractivity contribution in [2.45, 2.75) is 26.4 Å². The number of nitrogens with zero attached hydrogens (tertiary/aromatic N) is 2. The summed E-state index contributed by atoms with van der Waals surface area (Å²) in [6, 6.07) is 8.00. The van der Waals surface area contributed by atoms with Crippen LogP contribution in [-0.2, 0) is 0 Å². The molecule has 90 valence electrons. The van der Waals surface area contributed by atoms with E-state index < -0.39 is 5.60 Å². The van der Waals surface area contributed by atoms with E-state index in [4.69, 9.17) is 5.26 Å². The van der Waals surface area contributed by atoms with Crippen LogP contribution in [0, 0.1) is 24.2 Å².